The molecule has 0 aromatic carbocycles. The van der Waals surface area contributed by atoms with Crippen molar-refractivity contribution in [1.82, 2.24) is 0 Å². The lowest BCUT2D eigenvalue weighted by Gasteiger charge is -2.46. The standard InChI is InChI=1S/C40H70O5Si2/c1-27(23-32(41)24-28(2)37(42)43-11)33-20-21-34-31(17-16-22-40(33,34)10)19-18-30-25-35(44-46(12,13)38(4,5)6)29(3)36(26-30)45-47(14,15)39(7,8)9/h18-19,27,32-36,41H,2-3,16-17,20-26H2,1,4-15H3/b31-19+/t27-,32-,33?,34?,35-,36-,40-/m1/s1. The summed E-state index contributed by atoms with van der Waals surface area (Å²) in [5, 5.41) is 11.1. The smallest absolute Gasteiger partial charge is 0.333 e. The topological polar surface area (TPSA) is 65.0 Å². The van der Waals surface area contributed by atoms with Crippen molar-refractivity contribution in [1.29, 1.82) is 0 Å². The van der Waals surface area contributed by atoms with Gasteiger partial charge in [0, 0.05) is 12.0 Å². The molecule has 0 heterocycles. The molecule has 0 spiro atoms. The molecule has 0 saturated heterocycles. The van der Waals surface area contributed by atoms with Crippen LogP contribution in [0, 0.1) is 23.2 Å². The van der Waals surface area contributed by atoms with E-state index < -0.39 is 28.7 Å². The highest BCUT2D eigenvalue weighted by Gasteiger charge is 2.51. The number of carbonyl (C=O) groups excluding carboxylic acids is 1. The van der Waals surface area contributed by atoms with Crippen LogP contribution in [-0.4, -0.2) is 53.1 Å². The number of aliphatic hydroxyl groups excluding tert-OH is 1. The van der Waals surface area contributed by atoms with Crippen LogP contribution in [0.5, 0.6) is 0 Å². The number of hydrogen-bond acceptors (Lipinski definition) is 5. The number of fused-ring (bicyclic) bond motifs is 1. The van der Waals surface area contributed by atoms with Crippen molar-refractivity contribution in [3.05, 3.63) is 47.6 Å². The van der Waals surface area contributed by atoms with Gasteiger partial charge in [-0.15, -0.1) is 0 Å². The van der Waals surface area contributed by atoms with E-state index in [0.717, 1.165) is 24.8 Å². The summed E-state index contributed by atoms with van der Waals surface area (Å²) in [5.74, 6) is 1.06. The Balaban J connectivity index is 1.84. The van der Waals surface area contributed by atoms with Gasteiger partial charge in [0.25, 0.3) is 0 Å². The fraction of sp³-hybridized carbons (Fsp3) is 0.775. The third-order valence-corrected chi connectivity index (χ3v) is 22.0. The molecule has 268 valence electrons. The van der Waals surface area contributed by atoms with E-state index in [2.05, 4.69) is 107 Å². The Bertz CT molecular complexity index is 1170. The summed E-state index contributed by atoms with van der Waals surface area (Å²) in [4.78, 5) is 11.8. The number of ether oxygens (including phenoxy) is 1. The number of hydrogen-bond donors (Lipinski definition) is 1. The lowest BCUT2D eigenvalue weighted by Crippen LogP contribution is -2.49. The second-order valence-corrected chi connectivity index (χ2v) is 28.1. The van der Waals surface area contributed by atoms with Crippen molar-refractivity contribution >= 4 is 22.6 Å². The minimum Gasteiger partial charge on any atom is -0.466 e. The fourth-order valence-electron chi connectivity index (χ4n) is 8.09. The van der Waals surface area contributed by atoms with Crippen LogP contribution in [0.15, 0.2) is 47.6 Å². The van der Waals surface area contributed by atoms with Crippen molar-refractivity contribution in [3.63, 3.8) is 0 Å². The molecular formula is C40H70O5Si2. The molecule has 2 unspecified atom stereocenters. The fourth-order valence-corrected chi connectivity index (χ4v) is 10.7. The van der Waals surface area contributed by atoms with Crippen molar-refractivity contribution in [2.75, 3.05) is 7.11 Å². The molecule has 1 N–H and O–H groups in total. The molecule has 0 aromatic heterocycles. The van der Waals surface area contributed by atoms with Crippen molar-refractivity contribution in [2.24, 2.45) is 23.2 Å². The number of rotatable bonds is 11. The van der Waals surface area contributed by atoms with Crippen LogP contribution >= 0.6 is 0 Å². The van der Waals surface area contributed by atoms with Gasteiger partial charge in [0.1, 0.15) is 0 Å². The van der Waals surface area contributed by atoms with E-state index in [1.807, 2.05) is 0 Å². The van der Waals surface area contributed by atoms with Gasteiger partial charge < -0.3 is 18.7 Å². The van der Waals surface area contributed by atoms with Crippen molar-refractivity contribution in [2.45, 2.75) is 168 Å². The maximum Gasteiger partial charge on any atom is 0.333 e. The molecular weight excluding hydrogens is 617 g/mol. The van der Waals surface area contributed by atoms with Gasteiger partial charge in [-0.05, 0) is 116 Å². The predicted molar refractivity (Wildman–Crippen MR) is 202 cm³/mol. The molecule has 0 bridgehead atoms. The van der Waals surface area contributed by atoms with E-state index in [9.17, 15) is 9.90 Å². The van der Waals surface area contributed by atoms with E-state index in [-0.39, 0.29) is 34.1 Å². The highest BCUT2D eigenvalue weighted by Crippen LogP contribution is 2.60. The highest BCUT2D eigenvalue weighted by molar-refractivity contribution is 6.74. The van der Waals surface area contributed by atoms with E-state index in [4.69, 9.17) is 13.6 Å². The van der Waals surface area contributed by atoms with Gasteiger partial charge >= 0.3 is 5.97 Å². The first-order chi connectivity index (χ1) is 21.4. The third kappa shape index (κ3) is 9.30. The van der Waals surface area contributed by atoms with Crippen LogP contribution in [0.2, 0.25) is 36.3 Å². The Morgan fingerprint density at radius 1 is 1.00 bits per heavy atom. The molecule has 47 heavy (non-hydrogen) atoms. The SMILES string of the molecule is C=C(C[C@H](O)C[C@@H](C)C1CCC2/C(=C/C=C3C[C@@H](O[Si](C)(C)C(C)(C)C)C(=C)[C@H](O[Si](C)(C)C(C)(C)C)C3)CCC[C@@]21C)C(=O)OC. The van der Waals surface area contributed by atoms with E-state index in [1.54, 1.807) is 5.57 Å². The maximum absolute atomic E-state index is 11.8. The average Bonchev–Trinajstić information content (AvgIpc) is 3.29. The number of carbonyl (C=O) groups is 1. The number of esters is 1. The minimum absolute atomic E-state index is 0.0147. The Labute approximate surface area is 291 Å². The van der Waals surface area contributed by atoms with Gasteiger partial charge in [0.05, 0.1) is 25.4 Å². The summed E-state index contributed by atoms with van der Waals surface area (Å²) in [5.41, 5.74) is 4.71. The third-order valence-electron chi connectivity index (χ3n) is 13.1. The molecule has 3 rings (SSSR count). The highest BCUT2D eigenvalue weighted by atomic mass is 28.4. The van der Waals surface area contributed by atoms with Gasteiger partial charge in [-0.1, -0.05) is 91.8 Å². The zero-order valence-corrected chi connectivity index (χ0v) is 34.5. The lowest BCUT2D eigenvalue weighted by atomic mass is 9.60. The molecule has 0 aliphatic heterocycles. The molecule has 3 fully saturated rings. The quantitative estimate of drug-likeness (QED) is 0.101. The second-order valence-electron chi connectivity index (χ2n) is 18.5. The van der Waals surface area contributed by atoms with Crippen molar-refractivity contribution < 1.29 is 23.5 Å². The predicted octanol–water partition coefficient (Wildman–Crippen LogP) is 10.7. The van der Waals surface area contributed by atoms with E-state index in [1.165, 1.54) is 38.4 Å². The molecule has 3 aliphatic carbocycles. The van der Waals surface area contributed by atoms with Crippen LogP contribution in [-0.2, 0) is 18.4 Å². The maximum atomic E-state index is 11.8. The van der Waals surface area contributed by atoms with E-state index >= 15 is 0 Å². The van der Waals surface area contributed by atoms with Crippen molar-refractivity contribution in [3.8, 4) is 0 Å². The summed E-state index contributed by atoms with van der Waals surface area (Å²) in [6, 6.07) is 0. The van der Waals surface area contributed by atoms with Crippen LogP contribution in [0.3, 0.4) is 0 Å². The Hall–Kier alpha value is -1.26. The van der Waals surface area contributed by atoms with Crippen LogP contribution in [0.1, 0.15) is 113 Å². The molecule has 0 amide bonds. The first-order valence-corrected chi connectivity index (χ1v) is 24.1. The Morgan fingerprint density at radius 3 is 2.02 bits per heavy atom. The van der Waals surface area contributed by atoms with Gasteiger partial charge in [-0.2, -0.15) is 0 Å². The van der Waals surface area contributed by atoms with Crippen LogP contribution in [0.25, 0.3) is 0 Å². The first kappa shape index (κ1) is 40.2. The van der Waals surface area contributed by atoms with E-state index in [0.29, 0.717) is 29.7 Å². The normalized spacial score (nSPS) is 29.8. The van der Waals surface area contributed by atoms with Gasteiger partial charge in [0.15, 0.2) is 16.6 Å². The number of methoxy groups -OCH3 is 1. The summed E-state index contributed by atoms with van der Waals surface area (Å²) >= 11 is 0. The van der Waals surface area contributed by atoms with Crippen LogP contribution in [0.4, 0.5) is 0 Å². The van der Waals surface area contributed by atoms with Crippen LogP contribution < -0.4 is 0 Å². The monoisotopic (exact) mass is 686 g/mol. The molecule has 7 atom stereocenters. The summed E-state index contributed by atoms with van der Waals surface area (Å²) in [6.45, 7) is 36.5. The summed E-state index contributed by atoms with van der Waals surface area (Å²) in [7, 11) is -2.66. The Morgan fingerprint density at radius 2 is 1.53 bits per heavy atom. The molecule has 0 radical (unpaired) electrons. The molecule has 7 heteroatoms. The molecule has 0 aromatic rings. The number of allylic oxidation sites excluding steroid dienone is 3. The molecule has 5 nitrogen and oxygen atoms in total. The molecule has 3 saturated carbocycles. The van der Waals surface area contributed by atoms with Gasteiger partial charge in [-0.25, -0.2) is 4.79 Å². The number of aliphatic hydroxyl groups is 1. The zero-order valence-electron chi connectivity index (χ0n) is 32.5. The summed E-state index contributed by atoms with van der Waals surface area (Å²) < 4.78 is 18.9. The van der Waals surface area contributed by atoms with Gasteiger partial charge in [0.2, 0.25) is 0 Å². The largest absolute Gasteiger partial charge is 0.466 e. The summed E-state index contributed by atoms with van der Waals surface area (Å²) in [6.07, 6.45) is 13.0. The average molecular weight is 687 g/mol. The lowest BCUT2D eigenvalue weighted by molar-refractivity contribution is -0.136. The minimum atomic E-state index is -2.01. The second kappa shape index (κ2) is 14.9. The first-order valence-electron chi connectivity index (χ1n) is 18.3. The molecule has 3 aliphatic rings. The van der Waals surface area contributed by atoms with Gasteiger partial charge in [-0.3, -0.25) is 0 Å². The Kier molecular flexibility index (Phi) is 12.8. The zero-order chi connectivity index (χ0) is 35.8.